The smallest absolute Gasteiger partial charge is 0.234 e. The van der Waals surface area contributed by atoms with E-state index in [9.17, 15) is 8.42 Å². The summed E-state index contributed by atoms with van der Waals surface area (Å²) >= 11 is 2.87. The van der Waals surface area contributed by atoms with Gasteiger partial charge >= 0.3 is 0 Å². The van der Waals surface area contributed by atoms with Gasteiger partial charge in [-0.3, -0.25) is 4.72 Å². The standard InChI is InChI=1S/C13H19N3O2S3/c1-9(2)5-6-21(17,18)16-13-15-11(8-19-13)12-4-3-10(7-14)20-12/h3-4,8-9H,5-7,14H2,1-2H3,(H,15,16). The molecule has 116 valence electrons. The summed E-state index contributed by atoms with van der Waals surface area (Å²) in [4.78, 5) is 6.42. The van der Waals surface area contributed by atoms with E-state index < -0.39 is 10.0 Å². The first-order valence-corrected chi connectivity index (χ1v) is 9.99. The Labute approximate surface area is 133 Å². The predicted octanol–water partition coefficient (Wildman–Crippen LogP) is 3.12. The van der Waals surface area contributed by atoms with Crippen molar-refractivity contribution in [2.45, 2.75) is 26.8 Å². The van der Waals surface area contributed by atoms with Crippen LogP contribution in [0, 0.1) is 5.92 Å². The SMILES string of the molecule is CC(C)CCS(=O)(=O)Nc1nc(-c2ccc(CN)s2)cs1. The van der Waals surface area contributed by atoms with Crippen LogP contribution in [0.25, 0.3) is 10.6 Å². The molecule has 0 radical (unpaired) electrons. The Kier molecular flexibility index (Phi) is 5.37. The Hall–Kier alpha value is -0.960. The van der Waals surface area contributed by atoms with Crippen LogP contribution in [0.2, 0.25) is 0 Å². The first-order chi connectivity index (χ1) is 9.89. The summed E-state index contributed by atoms with van der Waals surface area (Å²) in [5.74, 6) is 0.477. The second-order valence-electron chi connectivity index (χ2n) is 5.11. The molecule has 0 amide bonds. The van der Waals surface area contributed by atoms with Gasteiger partial charge in [-0.05, 0) is 24.5 Å². The maximum Gasteiger partial charge on any atom is 0.234 e. The Morgan fingerprint density at radius 3 is 2.76 bits per heavy atom. The lowest BCUT2D eigenvalue weighted by Gasteiger charge is -2.06. The first-order valence-electron chi connectivity index (χ1n) is 6.65. The van der Waals surface area contributed by atoms with Crippen molar-refractivity contribution >= 4 is 37.8 Å². The number of thiophene rings is 1. The van der Waals surface area contributed by atoms with Crippen LogP contribution in [0.15, 0.2) is 17.5 Å². The van der Waals surface area contributed by atoms with Gasteiger partial charge in [0.05, 0.1) is 16.3 Å². The molecule has 8 heteroatoms. The zero-order valence-corrected chi connectivity index (χ0v) is 14.4. The Morgan fingerprint density at radius 1 is 1.38 bits per heavy atom. The molecule has 2 aromatic rings. The molecular formula is C13H19N3O2S3. The van der Waals surface area contributed by atoms with Gasteiger partial charge in [0, 0.05) is 16.8 Å². The van der Waals surface area contributed by atoms with Crippen molar-refractivity contribution in [2.75, 3.05) is 10.5 Å². The number of anilines is 1. The third-order valence-corrected chi connectivity index (χ3v) is 6.12. The van der Waals surface area contributed by atoms with E-state index in [1.807, 2.05) is 31.4 Å². The molecule has 0 aliphatic heterocycles. The minimum atomic E-state index is -3.32. The van der Waals surface area contributed by atoms with Crippen LogP contribution < -0.4 is 10.5 Å². The van der Waals surface area contributed by atoms with Gasteiger partial charge in [0.15, 0.2) is 5.13 Å². The van der Waals surface area contributed by atoms with Crippen LogP contribution in [0.1, 0.15) is 25.1 Å². The molecule has 0 unspecified atom stereocenters. The molecule has 0 bridgehead atoms. The molecule has 5 nitrogen and oxygen atoms in total. The van der Waals surface area contributed by atoms with Crippen molar-refractivity contribution in [3.05, 3.63) is 22.4 Å². The van der Waals surface area contributed by atoms with Crippen LogP contribution >= 0.6 is 22.7 Å². The molecule has 0 saturated carbocycles. The molecule has 2 heterocycles. The highest BCUT2D eigenvalue weighted by Gasteiger charge is 2.14. The van der Waals surface area contributed by atoms with Crippen LogP contribution in [0.3, 0.4) is 0 Å². The van der Waals surface area contributed by atoms with E-state index in [0.29, 0.717) is 24.0 Å². The van der Waals surface area contributed by atoms with Crippen LogP contribution in [0.4, 0.5) is 5.13 Å². The van der Waals surface area contributed by atoms with Gasteiger partial charge in [-0.25, -0.2) is 13.4 Å². The summed E-state index contributed by atoms with van der Waals surface area (Å²) in [6.45, 7) is 4.51. The van der Waals surface area contributed by atoms with Gasteiger partial charge in [0.25, 0.3) is 0 Å². The molecule has 0 atom stereocenters. The summed E-state index contributed by atoms with van der Waals surface area (Å²) in [6.07, 6.45) is 0.637. The van der Waals surface area contributed by atoms with Gasteiger partial charge in [0.2, 0.25) is 10.0 Å². The minimum Gasteiger partial charge on any atom is -0.326 e. The first kappa shape index (κ1) is 16.4. The molecule has 0 aliphatic carbocycles. The lowest BCUT2D eigenvalue weighted by Crippen LogP contribution is -2.17. The van der Waals surface area contributed by atoms with Gasteiger partial charge in [-0.2, -0.15) is 0 Å². The van der Waals surface area contributed by atoms with Crippen LogP contribution in [-0.2, 0) is 16.6 Å². The number of sulfonamides is 1. The lowest BCUT2D eigenvalue weighted by molar-refractivity contribution is 0.578. The van der Waals surface area contributed by atoms with Gasteiger partial charge in [-0.1, -0.05) is 13.8 Å². The molecule has 0 aromatic carbocycles. The quantitative estimate of drug-likeness (QED) is 0.807. The second-order valence-corrected chi connectivity index (χ2v) is 8.98. The summed E-state index contributed by atoms with van der Waals surface area (Å²) in [6, 6.07) is 3.92. The molecule has 2 aromatic heterocycles. The fourth-order valence-corrected chi connectivity index (χ4v) is 4.88. The summed E-state index contributed by atoms with van der Waals surface area (Å²) in [7, 11) is -3.32. The Morgan fingerprint density at radius 2 is 2.14 bits per heavy atom. The van der Waals surface area contributed by atoms with Crippen molar-refractivity contribution in [1.82, 2.24) is 4.98 Å². The van der Waals surface area contributed by atoms with Gasteiger partial charge in [-0.15, -0.1) is 22.7 Å². The number of rotatable bonds is 7. The second kappa shape index (κ2) is 6.87. The highest BCUT2D eigenvalue weighted by atomic mass is 32.2. The number of hydrogen-bond acceptors (Lipinski definition) is 6. The third-order valence-electron chi connectivity index (χ3n) is 2.83. The topological polar surface area (TPSA) is 85.1 Å². The average Bonchev–Trinajstić information content (AvgIpc) is 3.04. The maximum atomic E-state index is 11.9. The molecule has 2 rings (SSSR count). The summed E-state index contributed by atoms with van der Waals surface area (Å²) in [5, 5.41) is 2.27. The number of hydrogen-bond donors (Lipinski definition) is 2. The summed E-state index contributed by atoms with van der Waals surface area (Å²) in [5.41, 5.74) is 6.37. The van der Waals surface area contributed by atoms with E-state index in [0.717, 1.165) is 15.4 Å². The van der Waals surface area contributed by atoms with E-state index in [2.05, 4.69) is 9.71 Å². The van der Waals surface area contributed by atoms with Gasteiger partial charge < -0.3 is 5.73 Å². The fourth-order valence-electron chi connectivity index (χ4n) is 1.63. The third kappa shape index (κ3) is 4.77. The molecule has 0 spiro atoms. The van der Waals surface area contributed by atoms with E-state index >= 15 is 0 Å². The number of aromatic nitrogens is 1. The fraction of sp³-hybridized carbons (Fsp3) is 0.462. The van der Waals surface area contributed by atoms with Crippen molar-refractivity contribution in [1.29, 1.82) is 0 Å². The van der Waals surface area contributed by atoms with E-state index in [1.165, 1.54) is 11.3 Å². The zero-order valence-electron chi connectivity index (χ0n) is 12.0. The Bertz CT molecular complexity index is 689. The van der Waals surface area contributed by atoms with Crippen molar-refractivity contribution in [3.8, 4) is 10.6 Å². The van der Waals surface area contributed by atoms with Crippen molar-refractivity contribution in [2.24, 2.45) is 11.7 Å². The predicted molar refractivity (Wildman–Crippen MR) is 90.2 cm³/mol. The van der Waals surface area contributed by atoms with E-state index in [4.69, 9.17) is 5.73 Å². The molecule has 3 N–H and O–H groups in total. The Balaban J connectivity index is 2.06. The lowest BCUT2D eigenvalue weighted by atomic mass is 10.2. The maximum absolute atomic E-state index is 11.9. The molecule has 0 aliphatic rings. The molecular weight excluding hydrogens is 326 g/mol. The highest BCUT2D eigenvalue weighted by Crippen LogP contribution is 2.31. The van der Waals surface area contributed by atoms with E-state index in [-0.39, 0.29) is 5.75 Å². The average molecular weight is 346 g/mol. The van der Waals surface area contributed by atoms with E-state index in [1.54, 1.807) is 11.3 Å². The largest absolute Gasteiger partial charge is 0.326 e. The number of nitrogens with two attached hydrogens (primary N) is 1. The number of nitrogens with one attached hydrogen (secondary N) is 1. The van der Waals surface area contributed by atoms with Crippen molar-refractivity contribution < 1.29 is 8.42 Å². The molecule has 0 saturated heterocycles. The summed E-state index contributed by atoms with van der Waals surface area (Å²) < 4.78 is 26.4. The minimum absolute atomic E-state index is 0.121. The number of thiazole rings is 1. The van der Waals surface area contributed by atoms with Crippen LogP contribution in [-0.4, -0.2) is 19.2 Å². The normalized spacial score (nSPS) is 12.0. The monoisotopic (exact) mass is 345 g/mol. The van der Waals surface area contributed by atoms with Gasteiger partial charge in [0.1, 0.15) is 0 Å². The van der Waals surface area contributed by atoms with Crippen molar-refractivity contribution in [3.63, 3.8) is 0 Å². The zero-order chi connectivity index (χ0) is 15.5. The highest BCUT2D eigenvalue weighted by molar-refractivity contribution is 7.92. The number of nitrogens with zero attached hydrogens (tertiary/aromatic N) is 1. The molecule has 0 fully saturated rings. The molecule has 21 heavy (non-hydrogen) atoms. The van der Waals surface area contributed by atoms with Crippen LogP contribution in [0.5, 0.6) is 0 Å².